The number of benzene rings is 4. The van der Waals surface area contributed by atoms with E-state index in [9.17, 15) is 60.0 Å². The monoisotopic (exact) mass is 1290 g/mol. The number of carbonyl (C=O) groups is 4. The molecule has 2 N–H and O–H groups in total. The van der Waals surface area contributed by atoms with Crippen molar-refractivity contribution in [1.82, 2.24) is 19.6 Å². The Morgan fingerprint density at radius 1 is 0.333 bits per heavy atom. The van der Waals surface area contributed by atoms with Crippen LogP contribution in [0.1, 0.15) is 41.4 Å². The van der Waals surface area contributed by atoms with Gasteiger partial charge in [-0.05, 0) is 153 Å². The number of rotatable bonds is 12. The zero-order valence-corrected chi connectivity index (χ0v) is 48.0. The minimum absolute atomic E-state index is 0. The first-order valence-electron chi connectivity index (χ1n) is 19.6. The Bertz CT molecular complexity index is 1540. The van der Waals surface area contributed by atoms with Gasteiger partial charge in [-0.3, -0.25) is 0 Å². The minimum Gasteiger partial charge on any atom is -0.854 e. The minimum atomic E-state index is -1.18. The van der Waals surface area contributed by atoms with E-state index in [0.717, 1.165) is 14.2 Å². The molecular weight excluding hydrogens is 1230 g/mol. The Labute approximate surface area is 487 Å². The molecule has 0 fully saturated rings. The molecule has 0 aliphatic heterocycles. The van der Waals surface area contributed by atoms with Crippen LogP contribution < -0.4 is 40.9 Å². The van der Waals surface area contributed by atoms with Crippen molar-refractivity contribution in [3.8, 4) is 0 Å². The molecule has 0 atom stereocenters. The summed E-state index contributed by atoms with van der Waals surface area (Å²) in [4.78, 5) is 48.1. The van der Waals surface area contributed by atoms with Crippen molar-refractivity contribution in [2.24, 2.45) is 0 Å². The molecule has 0 saturated carbocycles. The molecule has 4 radical (unpaired) electrons. The molecule has 4 aromatic carbocycles. The average molecular weight is 1290 g/mol. The Kier molecular flexibility index (Phi) is 82.9. The van der Waals surface area contributed by atoms with Crippen LogP contribution in [0, 0.1) is 0 Å². The van der Waals surface area contributed by atoms with Crippen LogP contribution in [0.15, 0.2) is 97.1 Å². The van der Waals surface area contributed by atoms with Gasteiger partial charge in [-0.1, -0.05) is 94.9 Å². The number of halogens is 4. The summed E-state index contributed by atoms with van der Waals surface area (Å²) in [6.07, 6.45) is 0. The molecule has 424 valence electrons. The van der Waals surface area contributed by atoms with Crippen LogP contribution in [-0.4, -0.2) is 177 Å². The number of nitrogens with zero attached hydrogens (tertiary/aromatic N) is 4. The van der Waals surface area contributed by atoms with Crippen molar-refractivity contribution in [1.29, 1.82) is 0 Å². The Morgan fingerprint density at radius 2 is 0.444 bits per heavy atom. The van der Waals surface area contributed by atoms with E-state index in [4.69, 9.17) is 56.6 Å². The first-order valence-corrected chi connectivity index (χ1v) is 21.1. The van der Waals surface area contributed by atoms with Gasteiger partial charge in [0.1, 0.15) is 0 Å². The predicted molar refractivity (Wildman–Crippen MR) is 253 cm³/mol. The molecular formula is C46H64Cl4Cu4N4O14. The molecule has 0 aliphatic carbocycles. The van der Waals surface area contributed by atoms with E-state index >= 15 is 0 Å². The summed E-state index contributed by atoms with van der Waals surface area (Å²) in [5, 5.41) is 95.5. The largest absolute Gasteiger partial charge is 2.00 e. The SMILES string of the molecule is CN(C)CC[O-].CN(C)CC[O-].CN(C)CC[O-].CN(C)CC[O-].CO.CO.O=C([O-])c1ccc(Cl)cc1.O=C([O-])c1ccc(Cl)cc1.O=C([O-])c1ccc(Cl)cc1.O=C([O-])c1ccc(Cl)cc1.[Cu+2].[Cu+2].[Cu+2].[Cu+2]. The molecule has 0 unspecified atom stereocenters. The summed E-state index contributed by atoms with van der Waals surface area (Å²) in [5.41, 5.74) is 0.572. The fraction of sp³-hybridized carbons (Fsp3) is 0.391. The second-order valence-corrected chi connectivity index (χ2v) is 15.0. The first kappa shape index (κ1) is 92.2. The molecule has 0 amide bonds. The number of aliphatic hydroxyl groups excluding tert-OH is 2. The van der Waals surface area contributed by atoms with Crippen molar-refractivity contribution >= 4 is 70.3 Å². The summed E-state index contributed by atoms with van der Waals surface area (Å²) in [6.45, 7) is 2.64. The van der Waals surface area contributed by atoms with Crippen molar-refractivity contribution in [3.05, 3.63) is 139 Å². The topological polar surface area (TPSA) is 306 Å². The van der Waals surface area contributed by atoms with Crippen LogP contribution in [0.4, 0.5) is 0 Å². The molecule has 0 spiro atoms. The maximum Gasteiger partial charge on any atom is 2.00 e. The Hall–Kier alpha value is -2.40. The number of aliphatic hydroxyl groups is 2. The van der Waals surface area contributed by atoms with Gasteiger partial charge in [-0.25, -0.2) is 0 Å². The van der Waals surface area contributed by atoms with Crippen LogP contribution >= 0.6 is 46.4 Å². The van der Waals surface area contributed by atoms with E-state index in [1.54, 1.807) is 0 Å². The zero-order chi connectivity index (χ0) is 54.2. The normalized spacial score (nSPS) is 8.67. The van der Waals surface area contributed by atoms with Crippen LogP contribution in [0.5, 0.6) is 0 Å². The smallest absolute Gasteiger partial charge is 0.854 e. The van der Waals surface area contributed by atoms with E-state index in [1.165, 1.54) is 97.1 Å². The molecule has 0 aromatic heterocycles. The van der Waals surface area contributed by atoms with E-state index in [1.807, 2.05) is 76.0 Å². The number of carboxylic acids is 4. The second-order valence-electron chi connectivity index (χ2n) is 13.2. The van der Waals surface area contributed by atoms with Gasteiger partial charge in [-0.2, -0.15) is 0 Å². The molecule has 4 aromatic rings. The van der Waals surface area contributed by atoms with Crippen LogP contribution in [0.2, 0.25) is 20.1 Å². The summed E-state index contributed by atoms with van der Waals surface area (Å²) >= 11 is 22.0. The quantitative estimate of drug-likeness (QED) is 0.140. The van der Waals surface area contributed by atoms with Gasteiger partial charge in [0.25, 0.3) is 0 Å². The van der Waals surface area contributed by atoms with E-state index in [0.29, 0.717) is 46.3 Å². The molecule has 4 rings (SSSR count). The van der Waals surface area contributed by atoms with Crippen molar-refractivity contribution in [2.45, 2.75) is 0 Å². The molecule has 26 heteroatoms. The van der Waals surface area contributed by atoms with E-state index in [-0.39, 0.29) is 117 Å². The molecule has 18 nitrogen and oxygen atoms in total. The average Bonchev–Trinajstić information content (AvgIpc) is 3.27. The van der Waals surface area contributed by atoms with Crippen LogP contribution in [-0.2, 0) is 68.3 Å². The van der Waals surface area contributed by atoms with Gasteiger partial charge < -0.3 is 89.8 Å². The van der Waals surface area contributed by atoms with Gasteiger partial charge in [0, 0.05) is 34.3 Å². The van der Waals surface area contributed by atoms with Crippen molar-refractivity contribution < 1.29 is 139 Å². The number of hydrogen-bond donors (Lipinski definition) is 2. The zero-order valence-electron chi connectivity index (χ0n) is 41.2. The number of hydrogen-bond acceptors (Lipinski definition) is 18. The molecule has 0 aliphatic rings. The Balaban J connectivity index is -0.0000000757. The summed E-state index contributed by atoms with van der Waals surface area (Å²) in [7, 11) is 17.1. The maximum absolute atomic E-state index is 10.2. The fourth-order valence-corrected chi connectivity index (χ4v) is 3.58. The van der Waals surface area contributed by atoms with Gasteiger partial charge in [0.05, 0.1) is 23.9 Å². The standard InChI is InChI=1S/4C7H5ClO2.4C4H10NO.2CH4O.4Cu/c4*8-6-3-1-5(2-4-6)7(9)10;4*1-5(2)3-4-6;2*1-2;;;;/h4*1-4H,(H,9,10);4*3-4H2,1-2H3;2*2H,1H3;;;;/q;;;;4*-1;;;4*+2/p-4. The number of likely N-dealkylation sites (N-methyl/N-ethyl adjacent to an activating group) is 4. The maximum atomic E-state index is 10.2. The van der Waals surface area contributed by atoms with Gasteiger partial charge >= 0.3 is 68.3 Å². The van der Waals surface area contributed by atoms with Crippen LogP contribution in [0.3, 0.4) is 0 Å². The molecule has 0 heterocycles. The summed E-state index contributed by atoms with van der Waals surface area (Å²) < 4.78 is 0. The van der Waals surface area contributed by atoms with E-state index < -0.39 is 23.9 Å². The number of aromatic carboxylic acids is 4. The summed E-state index contributed by atoms with van der Waals surface area (Å²) in [5.74, 6) is -4.73. The molecule has 72 heavy (non-hydrogen) atoms. The summed E-state index contributed by atoms with van der Waals surface area (Å²) in [6, 6.07) is 23.3. The third-order valence-electron chi connectivity index (χ3n) is 6.47. The van der Waals surface area contributed by atoms with Crippen LogP contribution in [0.25, 0.3) is 0 Å². The number of carboxylic acid groups (broad SMARTS) is 4. The fourth-order valence-electron chi connectivity index (χ4n) is 3.07. The number of carbonyl (C=O) groups excluding carboxylic acids is 4. The first-order chi connectivity index (χ1) is 31.9. The second kappa shape index (κ2) is 64.7. The molecule has 0 bridgehead atoms. The predicted octanol–water partition coefficient (Wildman–Crippen LogP) is -2.35. The van der Waals surface area contributed by atoms with E-state index in [2.05, 4.69) is 0 Å². The van der Waals surface area contributed by atoms with Gasteiger partial charge in [0.15, 0.2) is 0 Å². The van der Waals surface area contributed by atoms with Gasteiger partial charge in [0.2, 0.25) is 0 Å². The third-order valence-corrected chi connectivity index (χ3v) is 7.48. The van der Waals surface area contributed by atoms with Crippen molar-refractivity contribution in [2.75, 3.05) is 123 Å². The van der Waals surface area contributed by atoms with Gasteiger partial charge in [-0.15, -0.1) is 26.4 Å². The van der Waals surface area contributed by atoms with Crippen molar-refractivity contribution in [3.63, 3.8) is 0 Å². The third kappa shape index (κ3) is 69.7. The molecule has 0 saturated heterocycles. The Morgan fingerprint density at radius 3 is 0.500 bits per heavy atom.